The first kappa shape index (κ1) is 19.1. The number of hydroxylamine groups is 1. The summed E-state index contributed by atoms with van der Waals surface area (Å²) in [5.41, 5.74) is -0.0743. The third-order valence-electron chi connectivity index (χ3n) is 3.55. The van der Waals surface area contributed by atoms with Crippen LogP contribution in [0.4, 0.5) is 10.1 Å². The Hall–Kier alpha value is -2.67. The van der Waals surface area contributed by atoms with Crippen LogP contribution in [0.3, 0.4) is 0 Å². The highest BCUT2D eigenvalue weighted by molar-refractivity contribution is 7.91. The van der Waals surface area contributed by atoms with E-state index in [1.54, 1.807) is 0 Å². The lowest BCUT2D eigenvalue weighted by Crippen LogP contribution is -2.24. The van der Waals surface area contributed by atoms with Gasteiger partial charge in [0.25, 0.3) is 15.7 Å². The second-order valence-electron chi connectivity index (χ2n) is 5.16. The van der Waals surface area contributed by atoms with Gasteiger partial charge in [-0.3, -0.25) is 19.9 Å². The van der Waals surface area contributed by atoms with Gasteiger partial charge in [0.15, 0.2) is 11.6 Å². The molecular weight excluding hydrogens is 401 g/mol. The van der Waals surface area contributed by atoms with Gasteiger partial charge < -0.3 is 4.74 Å². The average Bonchev–Trinajstić information content (AvgIpc) is 3.08. The number of nitro benzene ring substituents is 1. The molecule has 9 nitrogen and oxygen atoms in total. The van der Waals surface area contributed by atoms with E-state index in [1.165, 1.54) is 32.5 Å². The molecule has 2 heterocycles. The zero-order valence-corrected chi connectivity index (χ0v) is 15.6. The van der Waals surface area contributed by atoms with Gasteiger partial charge in [0, 0.05) is 25.4 Å². The molecule has 27 heavy (non-hydrogen) atoms. The van der Waals surface area contributed by atoms with E-state index in [4.69, 9.17) is 9.57 Å². The Bertz CT molecular complexity index is 1130. The Balaban J connectivity index is 2.03. The molecule has 0 N–H and O–H groups in total. The predicted octanol–water partition coefficient (Wildman–Crippen LogP) is 3.32. The van der Waals surface area contributed by atoms with Crippen molar-refractivity contribution in [2.75, 3.05) is 14.2 Å². The van der Waals surface area contributed by atoms with Crippen LogP contribution < -0.4 is 4.74 Å². The molecule has 0 aliphatic heterocycles. The predicted molar refractivity (Wildman–Crippen MR) is 94.7 cm³/mol. The van der Waals surface area contributed by atoms with Gasteiger partial charge in [-0.05, 0) is 12.1 Å². The highest BCUT2D eigenvalue weighted by Gasteiger charge is 2.25. The number of sulfonamides is 1. The molecule has 0 spiro atoms. The van der Waals surface area contributed by atoms with Crippen molar-refractivity contribution in [3.63, 3.8) is 0 Å². The number of aromatic nitrogens is 1. The maximum atomic E-state index is 14.1. The van der Waals surface area contributed by atoms with E-state index in [1.807, 2.05) is 0 Å². The minimum absolute atomic E-state index is 0.0328. The number of hydrogen-bond acceptors (Lipinski definition) is 8. The van der Waals surface area contributed by atoms with E-state index in [9.17, 15) is 22.9 Å². The molecule has 0 bridgehead atoms. The second-order valence-corrected chi connectivity index (χ2v) is 8.37. The lowest BCUT2D eigenvalue weighted by atomic mass is 10.3. The number of halogens is 1. The van der Waals surface area contributed by atoms with Crippen molar-refractivity contribution >= 4 is 37.3 Å². The first-order valence-corrected chi connectivity index (χ1v) is 9.53. The molecule has 3 aromatic rings. The molecule has 0 saturated carbocycles. The van der Waals surface area contributed by atoms with Crippen LogP contribution in [0.5, 0.6) is 11.5 Å². The molecule has 0 amide bonds. The molecule has 0 saturated heterocycles. The van der Waals surface area contributed by atoms with Crippen molar-refractivity contribution in [3.05, 3.63) is 52.5 Å². The third kappa shape index (κ3) is 3.60. The summed E-state index contributed by atoms with van der Waals surface area (Å²) in [6.07, 6.45) is 1.38. The Labute approximate surface area is 156 Å². The minimum atomic E-state index is -3.88. The van der Waals surface area contributed by atoms with E-state index < -0.39 is 26.5 Å². The standard InChI is InChI=1S/C15H12FN3O6S2/c1-18(24-2)27(22,23)14-8-11-15(26-14)13(5-6-17-11)25-12-4-3-9(19(20)21)7-10(12)16/h3-8H,1-2H3. The van der Waals surface area contributed by atoms with Gasteiger partial charge in [0.1, 0.15) is 9.96 Å². The molecule has 0 radical (unpaired) electrons. The summed E-state index contributed by atoms with van der Waals surface area (Å²) < 4.78 is 45.4. The molecule has 3 rings (SSSR count). The van der Waals surface area contributed by atoms with Gasteiger partial charge in [-0.1, -0.05) is 4.47 Å². The Kier molecular flexibility index (Phi) is 5.06. The fraction of sp³-hybridized carbons (Fsp3) is 0.133. The molecule has 0 unspecified atom stereocenters. The van der Waals surface area contributed by atoms with Gasteiger partial charge >= 0.3 is 0 Å². The molecule has 0 aliphatic rings. The van der Waals surface area contributed by atoms with Crippen LogP contribution in [-0.2, 0) is 14.9 Å². The Morgan fingerprint density at radius 2 is 2.00 bits per heavy atom. The molecule has 0 atom stereocenters. The lowest BCUT2D eigenvalue weighted by molar-refractivity contribution is -0.385. The highest BCUT2D eigenvalue weighted by Crippen LogP contribution is 2.38. The summed E-state index contributed by atoms with van der Waals surface area (Å²) in [6.45, 7) is 0. The topological polar surface area (TPSA) is 112 Å². The molecule has 2 aromatic heterocycles. The van der Waals surface area contributed by atoms with Crippen LogP contribution in [0.1, 0.15) is 0 Å². The summed E-state index contributed by atoms with van der Waals surface area (Å²) in [4.78, 5) is 18.8. The number of non-ortho nitro benzene ring substituents is 1. The van der Waals surface area contributed by atoms with E-state index >= 15 is 0 Å². The number of nitro groups is 1. The fourth-order valence-electron chi connectivity index (χ4n) is 2.13. The van der Waals surface area contributed by atoms with Gasteiger partial charge in [0.2, 0.25) is 0 Å². The number of fused-ring (bicyclic) bond motifs is 1. The summed E-state index contributed by atoms with van der Waals surface area (Å²) in [6, 6.07) is 5.77. The first-order chi connectivity index (χ1) is 12.7. The highest BCUT2D eigenvalue weighted by atomic mass is 32.2. The largest absolute Gasteiger partial charge is 0.453 e. The molecule has 1 aromatic carbocycles. The monoisotopic (exact) mass is 413 g/mol. The first-order valence-electron chi connectivity index (χ1n) is 7.27. The number of pyridine rings is 1. The van der Waals surface area contributed by atoms with Crippen LogP contribution >= 0.6 is 11.3 Å². The number of thiophene rings is 1. The van der Waals surface area contributed by atoms with Gasteiger partial charge in [-0.2, -0.15) is 0 Å². The lowest BCUT2D eigenvalue weighted by Gasteiger charge is -2.11. The van der Waals surface area contributed by atoms with E-state index in [2.05, 4.69) is 4.98 Å². The van der Waals surface area contributed by atoms with E-state index in [0.29, 0.717) is 14.7 Å². The van der Waals surface area contributed by atoms with Crippen molar-refractivity contribution < 1.29 is 27.3 Å². The zero-order valence-electron chi connectivity index (χ0n) is 13.9. The van der Waals surface area contributed by atoms with Crippen molar-refractivity contribution in [1.29, 1.82) is 0 Å². The molecule has 12 heteroatoms. The van der Waals surface area contributed by atoms with Gasteiger partial charge in [-0.25, -0.2) is 12.8 Å². The average molecular weight is 413 g/mol. The van der Waals surface area contributed by atoms with Crippen molar-refractivity contribution in [1.82, 2.24) is 9.45 Å². The number of rotatable bonds is 6. The van der Waals surface area contributed by atoms with Gasteiger partial charge in [-0.15, -0.1) is 11.3 Å². The van der Waals surface area contributed by atoms with Crippen LogP contribution in [-0.4, -0.2) is 37.0 Å². The summed E-state index contributed by atoms with van der Waals surface area (Å²) in [7, 11) is -1.41. The maximum Gasteiger partial charge on any atom is 0.274 e. The molecule has 142 valence electrons. The second kappa shape index (κ2) is 7.15. The quantitative estimate of drug-likeness (QED) is 0.450. The smallest absolute Gasteiger partial charge is 0.274 e. The van der Waals surface area contributed by atoms with Crippen LogP contribution in [0, 0.1) is 15.9 Å². The van der Waals surface area contributed by atoms with Crippen molar-refractivity contribution in [2.45, 2.75) is 4.21 Å². The number of benzene rings is 1. The summed E-state index contributed by atoms with van der Waals surface area (Å²) >= 11 is 0.880. The van der Waals surface area contributed by atoms with Crippen LogP contribution in [0.2, 0.25) is 0 Å². The fourth-order valence-corrected chi connectivity index (χ4v) is 4.62. The SMILES string of the molecule is CON(C)S(=O)(=O)c1cc2nccc(Oc3ccc([N+](=O)[O-])cc3F)c2s1. The van der Waals surface area contributed by atoms with E-state index in [-0.39, 0.29) is 15.7 Å². The van der Waals surface area contributed by atoms with E-state index in [0.717, 1.165) is 29.5 Å². The Morgan fingerprint density at radius 3 is 2.63 bits per heavy atom. The zero-order chi connectivity index (χ0) is 19.8. The van der Waals surface area contributed by atoms with Crippen molar-refractivity contribution in [3.8, 4) is 11.5 Å². The maximum absolute atomic E-state index is 14.1. The van der Waals surface area contributed by atoms with Crippen LogP contribution in [0.15, 0.2) is 40.7 Å². The minimum Gasteiger partial charge on any atom is -0.453 e. The molecule has 0 aliphatic carbocycles. The summed E-state index contributed by atoms with van der Waals surface area (Å²) in [5, 5.41) is 10.7. The number of nitrogens with zero attached hydrogens (tertiary/aromatic N) is 3. The van der Waals surface area contributed by atoms with Crippen molar-refractivity contribution in [2.24, 2.45) is 0 Å². The Morgan fingerprint density at radius 1 is 1.26 bits per heavy atom. The third-order valence-corrected chi connectivity index (χ3v) is 6.82. The van der Waals surface area contributed by atoms with Gasteiger partial charge in [0.05, 0.1) is 28.3 Å². The molecule has 0 fully saturated rings. The van der Waals surface area contributed by atoms with Crippen LogP contribution in [0.25, 0.3) is 10.2 Å². The normalized spacial score (nSPS) is 11.9. The number of hydrogen-bond donors (Lipinski definition) is 0. The number of ether oxygens (including phenoxy) is 1. The summed E-state index contributed by atoms with van der Waals surface area (Å²) in [5.74, 6) is -0.989. The molecular formula is C15H12FN3O6S2.